The Morgan fingerprint density at radius 3 is 2.38 bits per heavy atom. The van der Waals surface area contributed by atoms with E-state index in [2.05, 4.69) is 19.2 Å². The summed E-state index contributed by atoms with van der Waals surface area (Å²) in [6.07, 6.45) is 8.17. The van der Waals surface area contributed by atoms with E-state index in [-0.39, 0.29) is 5.54 Å². The molecule has 0 heterocycles. The minimum absolute atomic E-state index is 0.273. The number of hydrogen-bond acceptors (Lipinski definition) is 2. The largest absolute Gasteiger partial charge is 0.329 e. The second kappa shape index (κ2) is 5.05. The van der Waals surface area contributed by atoms with Crippen molar-refractivity contribution in [3.05, 3.63) is 0 Å². The highest BCUT2D eigenvalue weighted by Crippen LogP contribution is 2.37. The molecule has 0 bridgehead atoms. The molecule has 0 spiro atoms. The van der Waals surface area contributed by atoms with E-state index in [0.717, 1.165) is 24.3 Å². The van der Waals surface area contributed by atoms with Gasteiger partial charge in [-0.05, 0) is 62.8 Å². The van der Waals surface area contributed by atoms with Gasteiger partial charge in [0.25, 0.3) is 0 Å². The first-order valence-electron chi connectivity index (χ1n) is 7.10. The molecule has 0 aromatic heterocycles. The van der Waals surface area contributed by atoms with Crippen molar-refractivity contribution in [1.29, 1.82) is 0 Å². The van der Waals surface area contributed by atoms with Gasteiger partial charge in [-0.1, -0.05) is 13.8 Å². The number of rotatable bonds is 5. The first-order valence-corrected chi connectivity index (χ1v) is 7.10. The molecule has 2 heteroatoms. The fourth-order valence-corrected chi connectivity index (χ4v) is 2.98. The molecule has 2 fully saturated rings. The fraction of sp³-hybridized carbons (Fsp3) is 1.00. The van der Waals surface area contributed by atoms with Gasteiger partial charge < -0.3 is 11.1 Å². The second-order valence-corrected chi connectivity index (χ2v) is 6.36. The Morgan fingerprint density at radius 1 is 1.25 bits per heavy atom. The van der Waals surface area contributed by atoms with E-state index in [4.69, 9.17) is 5.73 Å². The summed E-state index contributed by atoms with van der Waals surface area (Å²) in [5, 5.41) is 3.80. The Morgan fingerprint density at radius 2 is 1.88 bits per heavy atom. The normalized spacial score (nSPS) is 37.3. The van der Waals surface area contributed by atoms with Crippen LogP contribution in [0.15, 0.2) is 0 Å². The van der Waals surface area contributed by atoms with E-state index in [1.165, 1.54) is 45.1 Å². The van der Waals surface area contributed by atoms with Crippen molar-refractivity contribution in [1.82, 2.24) is 5.32 Å². The van der Waals surface area contributed by atoms with Gasteiger partial charge in [-0.15, -0.1) is 0 Å². The average molecular weight is 224 g/mol. The molecule has 2 aliphatic carbocycles. The van der Waals surface area contributed by atoms with Crippen molar-refractivity contribution < 1.29 is 0 Å². The minimum atomic E-state index is 0.273. The topological polar surface area (TPSA) is 38.0 Å². The van der Waals surface area contributed by atoms with E-state index in [1.54, 1.807) is 0 Å². The first-order chi connectivity index (χ1) is 7.65. The smallest absolute Gasteiger partial charge is 0.0304 e. The molecule has 94 valence electrons. The SMILES string of the molecule is CC1CCC(CN)(NCC(C)C2CC2)CC1. The lowest BCUT2D eigenvalue weighted by molar-refractivity contribution is 0.192. The van der Waals surface area contributed by atoms with Crippen molar-refractivity contribution in [3.63, 3.8) is 0 Å². The van der Waals surface area contributed by atoms with Crippen LogP contribution in [0.1, 0.15) is 52.4 Å². The maximum absolute atomic E-state index is 6.00. The van der Waals surface area contributed by atoms with Crippen molar-refractivity contribution in [3.8, 4) is 0 Å². The molecule has 1 unspecified atom stereocenters. The molecule has 3 N–H and O–H groups in total. The Balaban J connectivity index is 1.79. The zero-order valence-corrected chi connectivity index (χ0v) is 11.0. The lowest BCUT2D eigenvalue weighted by atomic mass is 9.77. The second-order valence-electron chi connectivity index (χ2n) is 6.36. The van der Waals surface area contributed by atoms with Gasteiger partial charge in [0.05, 0.1) is 0 Å². The van der Waals surface area contributed by atoms with Gasteiger partial charge in [0.2, 0.25) is 0 Å². The van der Waals surface area contributed by atoms with Crippen LogP contribution in [0.5, 0.6) is 0 Å². The molecule has 1 atom stereocenters. The molecule has 0 saturated heterocycles. The molecule has 0 amide bonds. The van der Waals surface area contributed by atoms with Gasteiger partial charge in [-0.3, -0.25) is 0 Å². The molecule has 2 rings (SSSR count). The maximum atomic E-state index is 6.00. The van der Waals surface area contributed by atoms with E-state index in [9.17, 15) is 0 Å². The lowest BCUT2D eigenvalue weighted by Crippen LogP contribution is -2.54. The van der Waals surface area contributed by atoms with Gasteiger partial charge in [0.15, 0.2) is 0 Å². The molecule has 2 aliphatic rings. The van der Waals surface area contributed by atoms with Crippen LogP contribution in [0, 0.1) is 17.8 Å². The molecule has 0 radical (unpaired) electrons. The van der Waals surface area contributed by atoms with E-state index in [1.807, 2.05) is 0 Å². The Hall–Kier alpha value is -0.0800. The van der Waals surface area contributed by atoms with Crippen LogP contribution in [0.25, 0.3) is 0 Å². The third-order valence-corrected chi connectivity index (χ3v) is 4.85. The summed E-state index contributed by atoms with van der Waals surface area (Å²) >= 11 is 0. The number of nitrogens with two attached hydrogens (primary N) is 1. The highest BCUT2D eigenvalue weighted by molar-refractivity contribution is 4.94. The van der Waals surface area contributed by atoms with Crippen LogP contribution in [0.3, 0.4) is 0 Å². The van der Waals surface area contributed by atoms with Crippen LogP contribution in [0.2, 0.25) is 0 Å². The highest BCUT2D eigenvalue weighted by Gasteiger charge is 2.34. The summed E-state index contributed by atoms with van der Waals surface area (Å²) in [6, 6.07) is 0. The van der Waals surface area contributed by atoms with Crippen LogP contribution in [0.4, 0.5) is 0 Å². The number of nitrogens with one attached hydrogen (secondary N) is 1. The maximum Gasteiger partial charge on any atom is 0.0304 e. The Bertz CT molecular complexity index is 215. The van der Waals surface area contributed by atoms with Crippen molar-refractivity contribution >= 4 is 0 Å². The van der Waals surface area contributed by atoms with E-state index in [0.29, 0.717) is 0 Å². The fourth-order valence-electron chi connectivity index (χ4n) is 2.98. The van der Waals surface area contributed by atoms with Gasteiger partial charge in [0, 0.05) is 12.1 Å². The molecule has 16 heavy (non-hydrogen) atoms. The average Bonchev–Trinajstić information content (AvgIpc) is 3.12. The van der Waals surface area contributed by atoms with Crippen LogP contribution in [-0.4, -0.2) is 18.6 Å². The molecule has 0 aromatic carbocycles. The molecule has 0 aliphatic heterocycles. The summed E-state index contributed by atoms with van der Waals surface area (Å²) in [4.78, 5) is 0. The summed E-state index contributed by atoms with van der Waals surface area (Å²) < 4.78 is 0. The molecule has 0 aromatic rings. The predicted octanol–water partition coefficient (Wildman–Crippen LogP) is 2.53. The zero-order valence-electron chi connectivity index (χ0n) is 11.0. The van der Waals surface area contributed by atoms with Crippen LogP contribution in [-0.2, 0) is 0 Å². The van der Waals surface area contributed by atoms with Gasteiger partial charge in [-0.2, -0.15) is 0 Å². The summed E-state index contributed by atoms with van der Waals surface area (Å²) in [6.45, 7) is 6.75. The van der Waals surface area contributed by atoms with Crippen molar-refractivity contribution in [2.45, 2.75) is 57.9 Å². The Labute approximate surface area is 100 Å². The first kappa shape index (κ1) is 12.4. The van der Waals surface area contributed by atoms with Crippen LogP contribution < -0.4 is 11.1 Å². The minimum Gasteiger partial charge on any atom is -0.329 e. The van der Waals surface area contributed by atoms with Crippen molar-refractivity contribution in [2.75, 3.05) is 13.1 Å². The molecular weight excluding hydrogens is 196 g/mol. The summed E-state index contributed by atoms with van der Waals surface area (Å²) in [5.74, 6) is 2.76. The Kier molecular flexibility index (Phi) is 3.91. The predicted molar refractivity (Wildman–Crippen MR) is 69.3 cm³/mol. The van der Waals surface area contributed by atoms with Gasteiger partial charge in [0.1, 0.15) is 0 Å². The van der Waals surface area contributed by atoms with Crippen molar-refractivity contribution in [2.24, 2.45) is 23.5 Å². The lowest BCUT2D eigenvalue weighted by Gasteiger charge is -2.40. The molecule has 2 nitrogen and oxygen atoms in total. The standard InChI is InChI=1S/C14H28N2/c1-11-5-7-14(10-15,8-6-11)16-9-12(2)13-3-4-13/h11-13,16H,3-10,15H2,1-2H3. The molecular formula is C14H28N2. The van der Waals surface area contributed by atoms with Crippen LogP contribution >= 0.6 is 0 Å². The highest BCUT2D eigenvalue weighted by atomic mass is 15.0. The molecule has 2 saturated carbocycles. The van der Waals surface area contributed by atoms with E-state index >= 15 is 0 Å². The quantitative estimate of drug-likeness (QED) is 0.753. The summed E-state index contributed by atoms with van der Waals surface area (Å²) in [5.41, 5.74) is 6.27. The van der Waals surface area contributed by atoms with Gasteiger partial charge in [-0.25, -0.2) is 0 Å². The summed E-state index contributed by atoms with van der Waals surface area (Å²) in [7, 11) is 0. The van der Waals surface area contributed by atoms with E-state index < -0.39 is 0 Å². The zero-order chi connectivity index (χ0) is 11.6. The monoisotopic (exact) mass is 224 g/mol. The van der Waals surface area contributed by atoms with Gasteiger partial charge >= 0.3 is 0 Å². The third-order valence-electron chi connectivity index (χ3n) is 4.85. The number of hydrogen-bond donors (Lipinski definition) is 2. The third kappa shape index (κ3) is 2.98.